The number of amides is 3. The fraction of sp³-hybridized carbons (Fsp3) is 0.500. The number of halogens is 1. The van der Waals surface area contributed by atoms with E-state index >= 15 is 0 Å². The zero-order valence-corrected chi connectivity index (χ0v) is 13.7. The van der Waals surface area contributed by atoms with Gasteiger partial charge in [-0.3, -0.25) is 9.69 Å². The molecule has 3 rings (SSSR count). The Labute approximate surface area is 140 Å². The van der Waals surface area contributed by atoms with Gasteiger partial charge in [-0.2, -0.15) is 0 Å². The van der Waals surface area contributed by atoms with Gasteiger partial charge in [-0.1, -0.05) is 11.6 Å². The molecule has 0 radical (unpaired) electrons. The van der Waals surface area contributed by atoms with Crippen molar-refractivity contribution in [2.45, 2.75) is 18.9 Å². The van der Waals surface area contributed by atoms with Crippen LogP contribution in [0.3, 0.4) is 0 Å². The number of hydrogen-bond acceptors (Lipinski definition) is 3. The van der Waals surface area contributed by atoms with E-state index in [1.165, 1.54) is 0 Å². The molecule has 0 bridgehead atoms. The highest BCUT2D eigenvalue weighted by Crippen LogP contribution is 2.26. The SMILES string of the molecule is NC(=O)N1CCCN([C@H]2CCN(c3ccc(Cl)cc3)C2=O)CC1. The number of anilines is 1. The molecule has 1 atom stereocenters. The van der Waals surface area contributed by atoms with E-state index in [2.05, 4.69) is 4.90 Å². The maximum Gasteiger partial charge on any atom is 0.314 e. The van der Waals surface area contributed by atoms with Crippen molar-refractivity contribution >= 4 is 29.2 Å². The molecule has 0 aromatic heterocycles. The van der Waals surface area contributed by atoms with E-state index < -0.39 is 0 Å². The van der Waals surface area contributed by atoms with Gasteiger partial charge in [0.1, 0.15) is 0 Å². The van der Waals surface area contributed by atoms with Crippen LogP contribution in [0.5, 0.6) is 0 Å². The van der Waals surface area contributed by atoms with Gasteiger partial charge < -0.3 is 15.5 Å². The first-order valence-corrected chi connectivity index (χ1v) is 8.29. The number of hydrogen-bond donors (Lipinski definition) is 1. The summed E-state index contributed by atoms with van der Waals surface area (Å²) in [4.78, 5) is 29.7. The van der Waals surface area contributed by atoms with Crippen LogP contribution in [0.1, 0.15) is 12.8 Å². The lowest BCUT2D eigenvalue weighted by Gasteiger charge is -2.26. The maximum absolute atomic E-state index is 12.8. The number of nitrogens with zero attached hydrogens (tertiary/aromatic N) is 3. The van der Waals surface area contributed by atoms with E-state index in [9.17, 15) is 9.59 Å². The lowest BCUT2D eigenvalue weighted by molar-refractivity contribution is -0.121. The Kier molecular flexibility index (Phi) is 4.73. The highest BCUT2D eigenvalue weighted by atomic mass is 35.5. The number of nitrogens with two attached hydrogens (primary N) is 1. The largest absolute Gasteiger partial charge is 0.351 e. The average molecular weight is 337 g/mol. The van der Waals surface area contributed by atoms with Crippen molar-refractivity contribution in [3.8, 4) is 0 Å². The Bertz CT molecular complexity index is 592. The zero-order valence-electron chi connectivity index (χ0n) is 12.9. The minimum absolute atomic E-state index is 0.112. The van der Waals surface area contributed by atoms with E-state index in [1.54, 1.807) is 17.0 Å². The molecule has 2 saturated heterocycles. The first kappa shape index (κ1) is 16.1. The predicted molar refractivity (Wildman–Crippen MR) is 89.6 cm³/mol. The second kappa shape index (κ2) is 6.76. The molecule has 23 heavy (non-hydrogen) atoms. The summed E-state index contributed by atoms with van der Waals surface area (Å²) in [6.07, 6.45) is 1.64. The fourth-order valence-corrected chi connectivity index (χ4v) is 3.48. The molecule has 0 unspecified atom stereocenters. The van der Waals surface area contributed by atoms with E-state index in [4.69, 9.17) is 17.3 Å². The van der Waals surface area contributed by atoms with E-state index in [1.807, 2.05) is 17.0 Å². The third kappa shape index (κ3) is 3.43. The molecule has 1 aromatic rings. The Hall–Kier alpha value is -1.79. The minimum atomic E-state index is -0.382. The van der Waals surface area contributed by atoms with Gasteiger partial charge in [0.2, 0.25) is 5.91 Å². The van der Waals surface area contributed by atoms with Crippen molar-refractivity contribution < 1.29 is 9.59 Å². The van der Waals surface area contributed by atoms with Crippen molar-refractivity contribution in [1.82, 2.24) is 9.80 Å². The molecular weight excluding hydrogens is 316 g/mol. The fourth-order valence-electron chi connectivity index (χ4n) is 3.35. The number of carbonyl (C=O) groups excluding carboxylic acids is 2. The number of urea groups is 1. The molecular formula is C16H21ClN4O2. The Morgan fingerprint density at radius 2 is 1.83 bits per heavy atom. The molecule has 2 aliphatic heterocycles. The van der Waals surface area contributed by atoms with Gasteiger partial charge in [-0.05, 0) is 37.1 Å². The number of rotatable bonds is 2. The van der Waals surface area contributed by atoms with Crippen LogP contribution in [-0.4, -0.2) is 60.5 Å². The molecule has 3 amide bonds. The van der Waals surface area contributed by atoms with Crippen LogP contribution in [0.2, 0.25) is 5.02 Å². The third-order valence-corrected chi connectivity index (χ3v) is 4.85. The molecule has 0 aliphatic carbocycles. The number of benzene rings is 1. The summed E-state index contributed by atoms with van der Waals surface area (Å²) in [6.45, 7) is 3.46. The smallest absolute Gasteiger partial charge is 0.314 e. The molecule has 0 spiro atoms. The van der Waals surface area contributed by atoms with Gasteiger partial charge >= 0.3 is 6.03 Å². The number of carbonyl (C=O) groups is 2. The first-order valence-electron chi connectivity index (χ1n) is 7.91. The van der Waals surface area contributed by atoms with Crippen LogP contribution in [0.15, 0.2) is 24.3 Å². The van der Waals surface area contributed by atoms with Crippen molar-refractivity contribution in [2.24, 2.45) is 5.73 Å². The van der Waals surface area contributed by atoms with Gasteiger partial charge in [0.25, 0.3) is 0 Å². The molecule has 2 aliphatic rings. The summed E-state index contributed by atoms with van der Waals surface area (Å²) in [6, 6.07) is 6.85. The second-order valence-corrected chi connectivity index (χ2v) is 6.42. The summed E-state index contributed by atoms with van der Waals surface area (Å²) in [5.41, 5.74) is 6.24. The Morgan fingerprint density at radius 3 is 2.52 bits per heavy atom. The monoisotopic (exact) mass is 336 g/mol. The molecule has 124 valence electrons. The average Bonchev–Trinajstić information content (AvgIpc) is 2.75. The highest BCUT2D eigenvalue weighted by Gasteiger charge is 2.37. The molecule has 6 nitrogen and oxygen atoms in total. The lowest BCUT2D eigenvalue weighted by atomic mass is 10.2. The maximum atomic E-state index is 12.8. The Balaban J connectivity index is 1.67. The van der Waals surface area contributed by atoms with Gasteiger partial charge in [0.05, 0.1) is 6.04 Å². The van der Waals surface area contributed by atoms with Crippen LogP contribution in [-0.2, 0) is 4.79 Å². The van der Waals surface area contributed by atoms with Crippen LogP contribution < -0.4 is 10.6 Å². The minimum Gasteiger partial charge on any atom is -0.351 e. The van der Waals surface area contributed by atoms with E-state index in [-0.39, 0.29) is 18.0 Å². The van der Waals surface area contributed by atoms with Gasteiger partial charge in [0.15, 0.2) is 0 Å². The first-order chi connectivity index (χ1) is 11.1. The molecule has 0 saturated carbocycles. The molecule has 2 N–H and O–H groups in total. The van der Waals surface area contributed by atoms with Crippen LogP contribution >= 0.6 is 11.6 Å². The molecule has 1 aromatic carbocycles. The van der Waals surface area contributed by atoms with Crippen LogP contribution in [0.25, 0.3) is 0 Å². The summed E-state index contributed by atoms with van der Waals surface area (Å²) in [5.74, 6) is 0.125. The van der Waals surface area contributed by atoms with Crippen molar-refractivity contribution in [3.63, 3.8) is 0 Å². The Morgan fingerprint density at radius 1 is 1.09 bits per heavy atom. The van der Waals surface area contributed by atoms with Gasteiger partial charge in [-0.25, -0.2) is 4.79 Å². The normalized spacial score (nSPS) is 23.2. The number of primary amides is 1. The van der Waals surface area contributed by atoms with Crippen molar-refractivity contribution in [2.75, 3.05) is 37.6 Å². The van der Waals surface area contributed by atoms with E-state index in [0.29, 0.717) is 31.2 Å². The van der Waals surface area contributed by atoms with Crippen molar-refractivity contribution in [1.29, 1.82) is 0 Å². The molecule has 7 heteroatoms. The summed E-state index contributed by atoms with van der Waals surface area (Å²) < 4.78 is 0. The second-order valence-electron chi connectivity index (χ2n) is 5.99. The topological polar surface area (TPSA) is 69.9 Å². The summed E-state index contributed by atoms with van der Waals surface area (Å²) >= 11 is 5.91. The third-order valence-electron chi connectivity index (χ3n) is 4.60. The quantitative estimate of drug-likeness (QED) is 0.890. The van der Waals surface area contributed by atoms with Gasteiger partial charge in [0, 0.05) is 43.4 Å². The van der Waals surface area contributed by atoms with Crippen molar-refractivity contribution in [3.05, 3.63) is 29.3 Å². The summed E-state index contributed by atoms with van der Waals surface area (Å²) in [5, 5.41) is 0.663. The van der Waals surface area contributed by atoms with Crippen LogP contribution in [0.4, 0.5) is 10.5 Å². The lowest BCUT2D eigenvalue weighted by Crippen LogP contribution is -2.44. The molecule has 2 fully saturated rings. The van der Waals surface area contributed by atoms with Crippen LogP contribution in [0, 0.1) is 0 Å². The summed E-state index contributed by atoms with van der Waals surface area (Å²) in [7, 11) is 0. The van der Waals surface area contributed by atoms with Gasteiger partial charge in [-0.15, -0.1) is 0 Å². The predicted octanol–water partition coefficient (Wildman–Crippen LogP) is 1.53. The van der Waals surface area contributed by atoms with E-state index in [0.717, 1.165) is 25.1 Å². The highest BCUT2D eigenvalue weighted by molar-refractivity contribution is 6.30. The standard InChI is InChI=1S/C16H21ClN4O2/c17-12-2-4-13(5-3-12)21-9-6-14(15(21)22)19-7-1-8-20(11-10-19)16(18)23/h2-5,14H,1,6-11H2,(H2,18,23)/t14-/m0/s1. The zero-order chi connectivity index (χ0) is 16.4. The molecule has 2 heterocycles.